The molecule has 4 N–H and O–H groups in total. The molecule has 4 atom stereocenters. The Bertz CT molecular complexity index is 2000. The second-order valence-corrected chi connectivity index (χ2v) is 13.5. The maximum absolute atomic E-state index is 11.5. The summed E-state index contributed by atoms with van der Waals surface area (Å²) >= 11 is 14.2. The van der Waals surface area contributed by atoms with E-state index < -0.39 is 0 Å². The molecule has 5 aromatic rings. The van der Waals surface area contributed by atoms with Gasteiger partial charge >= 0.3 is 0 Å². The molecule has 2 bridgehead atoms. The molecule has 3 fully saturated rings. The largest absolute Gasteiger partial charge is 0.481 e. The van der Waals surface area contributed by atoms with E-state index in [1.165, 1.54) is 19.3 Å². The lowest BCUT2D eigenvalue weighted by molar-refractivity contribution is -0.119. The summed E-state index contributed by atoms with van der Waals surface area (Å²) in [5.41, 5.74) is 7.43. The predicted molar refractivity (Wildman–Crippen MR) is 184 cm³/mol. The molecule has 9 nitrogen and oxygen atoms in total. The minimum atomic E-state index is 0.108. The summed E-state index contributed by atoms with van der Waals surface area (Å²) < 4.78 is 5.66. The van der Waals surface area contributed by atoms with Crippen LogP contribution >= 0.6 is 23.2 Å². The molecule has 3 aliphatic rings. The lowest BCUT2D eigenvalue weighted by Gasteiger charge is -2.20. The van der Waals surface area contributed by atoms with Crippen molar-refractivity contribution in [1.82, 2.24) is 35.9 Å². The van der Waals surface area contributed by atoms with E-state index in [4.69, 9.17) is 37.9 Å². The number of aromatic nitrogens is 4. The molecule has 11 heteroatoms. The third kappa shape index (κ3) is 5.75. The molecule has 2 aromatic carbocycles. The molecule has 47 heavy (non-hydrogen) atoms. The number of aromatic amines is 1. The number of hydrogen-bond acceptors (Lipinski definition) is 7. The van der Waals surface area contributed by atoms with Gasteiger partial charge in [0.2, 0.25) is 11.8 Å². The van der Waals surface area contributed by atoms with E-state index in [0.29, 0.717) is 64.8 Å². The van der Waals surface area contributed by atoms with Gasteiger partial charge in [0.05, 0.1) is 45.6 Å². The Morgan fingerprint density at radius 2 is 1.85 bits per heavy atom. The first kappa shape index (κ1) is 30.3. The zero-order chi connectivity index (χ0) is 32.1. The number of ether oxygens (including phenoxy) is 1. The number of imidazole rings is 1. The molecule has 2 saturated heterocycles. The number of carbonyl (C=O) groups is 1. The molecular formula is C36H35Cl2N7O2. The first-order valence-corrected chi connectivity index (χ1v) is 16.9. The summed E-state index contributed by atoms with van der Waals surface area (Å²) in [5.74, 6) is 2.29. The number of pyridine rings is 2. The van der Waals surface area contributed by atoms with Gasteiger partial charge in [0.1, 0.15) is 5.82 Å². The molecule has 1 saturated carbocycles. The third-order valence-corrected chi connectivity index (χ3v) is 10.6. The van der Waals surface area contributed by atoms with Gasteiger partial charge in [-0.2, -0.15) is 0 Å². The molecule has 8 rings (SSSR count). The molecule has 2 aliphatic heterocycles. The van der Waals surface area contributed by atoms with Gasteiger partial charge in [-0.15, -0.1) is 0 Å². The van der Waals surface area contributed by atoms with Crippen molar-refractivity contribution in [3.63, 3.8) is 0 Å². The number of fused-ring (bicyclic) bond motifs is 3. The summed E-state index contributed by atoms with van der Waals surface area (Å²) in [6.45, 7) is 1.25. The molecule has 5 heterocycles. The van der Waals surface area contributed by atoms with Gasteiger partial charge in [-0.1, -0.05) is 53.5 Å². The number of hydrogen-bond donors (Lipinski definition) is 4. The van der Waals surface area contributed by atoms with Crippen molar-refractivity contribution < 1.29 is 9.53 Å². The number of carbonyl (C=O) groups excluding carboxylic acids is 1. The molecule has 0 spiro atoms. The van der Waals surface area contributed by atoms with Crippen molar-refractivity contribution in [1.29, 1.82) is 0 Å². The molecule has 0 radical (unpaired) electrons. The third-order valence-electron chi connectivity index (χ3n) is 9.81. The summed E-state index contributed by atoms with van der Waals surface area (Å²) in [6.07, 6.45) is 6.95. The van der Waals surface area contributed by atoms with Crippen LogP contribution in [-0.2, 0) is 11.3 Å². The van der Waals surface area contributed by atoms with E-state index >= 15 is 0 Å². The summed E-state index contributed by atoms with van der Waals surface area (Å²) in [5, 5.41) is 11.2. The Morgan fingerprint density at radius 3 is 2.64 bits per heavy atom. The fourth-order valence-corrected chi connectivity index (χ4v) is 8.07. The van der Waals surface area contributed by atoms with Gasteiger partial charge in [-0.3, -0.25) is 9.78 Å². The van der Waals surface area contributed by atoms with Crippen LogP contribution in [0.1, 0.15) is 49.5 Å². The van der Waals surface area contributed by atoms with Gasteiger partial charge in [-0.05, 0) is 55.9 Å². The predicted octanol–water partition coefficient (Wildman–Crippen LogP) is 6.85. The summed E-state index contributed by atoms with van der Waals surface area (Å²) in [6, 6.07) is 18.9. The smallest absolute Gasteiger partial charge is 0.220 e. The minimum Gasteiger partial charge on any atom is -0.481 e. The van der Waals surface area contributed by atoms with Crippen LogP contribution in [0.25, 0.3) is 44.7 Å². The minimum absolute atomic E-state index is 0.108. The average molecular weight is 669 g/mol. The van der Waals surface area contributed by atoms with Crippen molar-refractivity contribution in [2.75, 3.05) is 13.7 Å². The highest BCUT2D eigenvalue weighted by molar-refractivity contribution is 6.39. The second kappa shape index (κ2) is 12.5. The van der Waals surface area contributed by atoms with Crippen LogP contribution < -0.4 is 20.7 Å². The molecular weight excluding hydrogens is 633 g/mol. The van der Waals surface area contributed by atoms with Crippen LogP contribution in [0.3, 0.4) is 0 Å². The van der Waals surface area contributed by atoms with Crippen LogP contribution in [-0.4, -0.2) is 51.6 Å². The number of amides is 1. The van der Waals surface area contributed by atoms with E-state index in [0.717, 1.165) is 51.1 Å². The van der Waals surface area contributed by atoms with E-state index in [1.807, 2.05) is 48.5 Å². The topological polar surface area (TPSA) is 117 Å². The lowest BCUT2D eigenvalue weighted by atomic mass is 9.99. The number of methoxy groups -OCH3 is 1. The number of rotatable bonds is 9. The highest BCUT2D eigenvalue weighted by Gasteiger charge is 2.41. The van der Waals surface area contributed by atoms with Crippen LogP contribution in [0.15, 0.2) is 60.8 Å². The molecule has 240 valence electrons. The Balaban J connectivity index is 1.05. The van der Waals surface area contributed by atoms with Crippen LogP contribution in [0.4, 0.5) is 0 Å². The van der Waals surface area contributed by atoms with Crippen molar-refractivity contribution in [2.45, 2.75) is 56.8 Å². The van der Waals surface area contributed by atoms with Crippen molar-refractivity contribution >= 4 is 40.1 Å². The highest BCUT2D eigenvalue weighted by atomic mass is 35.5. The first-order chi connectivity index (χ1) is 22.9. The van der Waals surface area contributed by atoms with Gasteiger partial charge < -0.3 is 25.7 Å². The van der Waals surface area contributed by atoms with E-state index in [2.05, 4.69) is 32.0 Å². The number of piperidine rings is 1. The molecule has 3 aromatic heterocycles. The Labute approximate surface area is 282 Å². The number of nitrogens with zero attached hydrogens (tertiary/aromatic N) is 3. The highest BCUT2D eigenvalue weighted by Crippen LogP contribution is 2.44. The number of nitrogens with one attached hydrogen (secondary N) is 4. The summed E-state index contributed by atoms with van der Waals surface area (Å²) in [7, 11) is 1.61. The monoisotopic (exact) mass is 667 g/mol. The quantitative estimate of drug-likeness (QED) is 0.136. The number of halogens is 2. The Hall–Kier alpha value is -4.02. The standard InChI is InChI=1S/C36H35Cl2N7O2/c1-47-36-21(17-39-18-23-9-12-30(46)41-23)7-10-27(45-36)26-4-2-3-24(31(26)37)25-13-14-40-33(32(25)38)20-6-11-28-29(16-20)44-35(43-28)34-19-5-8-22(15-19)42-34/h2-4,6-7,10-11,13-14,16,19,22-23,34,39,42H,5,8-9,12,15,17-18H2,1H3,(H,41,46)(H,43,44)/t19-,22+,23+,34+/m0/s1. The number of benzene rings is 2. The van der Waals surface area contributed by atoms with Gasteiger partial charge in [0.25, 0.3) is 0 Å². The van der Waals surface area contributed by atoms with Crippen molar-refractivity contribution in [3.8, 4) is 39.5 Å². The Kier molecular flexibility index (Phi) is 8.09. The average Bonchev–Trinajstić information content (AvgIpc) is 3.90. The van der Waals surface area contributed by atoms with Gasteiger partial charge in [0.15, 0.2) is 0 Å². The molecule has 1 amide bonds. The zero-order valence-corrected chi connectivity index (χ0v) is 27.5. The van der Waals surface area contributed by atoms with E-state index in [-0.39, 0.29) is 11.9 Å². The maximum Gasteiger partial charge on any atom is 0.220 e. The van der Waals surface area contributed by atoms with Crippen LogP contribution in [0.5, 0.6) is 5.88 Å². The number of H-pyrrole nitrogens is 1. The van der Waals surface area contributed by atoms with Gasteiger partial charge in [0, 0.05) is 65.6 Å². The van der Waals surface area contributed by atoms with E-state index in [9.17, 15) is 4.79 Å². The van der Waals surface area contributed by atoms with Crippen LogP contribution in [0.2, 0.25) is 10.0 Å². The van der Waals surface area contributed by atoms with E-state index in [1.54, 1.807) is 13.3 Å². The zero-order valence-electron chi connectivity index (χ0n) is 25.9. The SMILES string of the molecule is COc1nc(-c2cccc(-c3ccnc(-c4ccc5nc([C@@H]6N[C@@H]7CC[C@H]6C7)[nH]c5c4)c3Cl)c2Cl)ccc1CNC[C@H]1CCC(=O)N1. The lowest BCUT2D eigenvalue weighted by Crippen LogP contribution is -2.35. The molecule has 1 aliphatic carbocycles. The first-order valence-electron chi connectivity index (χ1n) is 16.2. The molecule has 0 unspecified atom stereocenters. The second-order valence-electron chi connectivity index (χ2n) is 12.8. The maximum atomic E-state index is 11.5. The fourth-order valence-electron chi connectivity index (χ4n) is 7.42. The van der Waals surface area contributed by atoms with Crippen molar-refractivity contribution in [2.24, 2.45) is 5.92 Å². The normalized spacial score (nSPS) is 21.9. The van der Waals surface area contributed by atoms with Crippen molar-refractivity contribution in [3.05, 3.63) is 82.2 Å². The van der Waals surface area contributed by atoms with Gasteiger partial charge in [-0.25, -0.2) is 9.97 Å². The summed E-state index contributed by atoms with van der Waals surface area (Å²) in [4.78, 5) is 29.5. The fraction of sp³-hybridized carbons (Fsp3) is 0.333. The Morgan fingerprint density at radius 1 is 0.979 bits per heavy atom. The van der Waals surface area contributed by atoms with Crippen LogP contribution in [0, 0.1) is 5.92 Å².